The zero-order valence-corrected chi connectivity index (χ0v) is 20.0. The normalized spacial score (nSPS) is 23.8. The molecule has 1 N–H and O–H groups in total. The van der Waals surface area contributed by atoms with Crippen LogP contribution >= 0.6 is 0 Å². The van der Waals surface area contributed by atoms with Crippen molar-refractivity contribution in [2.24, 2.45) is 5.92 Å². The van der Waals surface area contributed by atoms with Gasteiger partial charge in [0.2, 0.25) is 5.91 Å². The number of benzene rings is 2. The molecule has 6 heteroatoms. The number of carbonyl (C=O) groups excluding carboxylic acids is 1. The van der Waals surface area contributed by atoms with Gasteiger partial charge in [0.05, 0.1) is 6.10 Å². The fourth-order valence-corrected chi connectivity index (χ4v) is 5.00. The minimum absolute atomic E-state index is 0.0189. The number of nitrogens with zero attached hydrogens (tertiary/aromatic N) is 2. The van der Waals surface area contributed by atoms with Crippen LogP contribution in [0.2, 0.25) is 0 Å². The molecule has 2 aromatic carbocycles. The van der Waals surface area contributed by atoms with E-state index in [2.05, 4.69) is 42.3 Å². The predicted molar refractivity (Wildman–Crippen MR) is 130 cm³/mol. The van der Waals surface area contributed by atoms with Crippen molar-refractivity contribution in [2.45, 2.75) is 58.2 Å². The van der Waals surface area contributed by atoms with Crippen molar-refractivity contribution in [3.05, 3.63) is 59.4 Å². The van der Waals surface area contributed by atoms with Crippen LogP contribution < -0.4 is 15.0 Å². The molecular weight excluding hydrogens is 417 g/mol. The zero-order valence-electron chi connectivity index (χ0n) is 20.0. The maximum absolute atomic E-state index is 13.2. The molecule has 1 atom stereocenters. The van der Waals surface area contributed by atoms with Gasteiger partial charge in [0.1, 0.15) is 11.6 Å². The van der Waals surface area contributed by atoms with Gasteiger partial charge in [0.25, 0.3) is 0 Å². The first-order valence-corrected chi connectivity index (χ1v) is 12.1. The van der Waals surface area contributed by atoms with Crippen LogP contribution in [0.4, 0.5) is 10.1 Å². The largest absolute Gasteiger partial charge is 0.490 e. The molecule has 1 saturated heterocycles. The highest BCUT2D eigenvalue weighted by Crippen LogP contribution is 2.30. The standard InChI is InChI=1S/C27H36FN3O2/c1-19-16-24(9-4-22(19)18-31-15-14-29-20(2)17-31)30(3)27(32)21-5-10-25(11-6-21)33-26-12-7-23(28)8-13-26/h4,7-9,12-13,16,20-21,25,29H,5-6,10-11,14-15,17-18H2,1-3H3/t20-,21?,25?/m0/s1. The van der Waals surface area contributed by atoms with E-state index in [1.54, 1.807) is 12.1 Å². The van der Waals surface area contributed by atoms with Crippen molar-refractivity contribution < 1.29 is 13.9 Å². The van der Waals surface area contributed by atoms with Crippen LogP contribution in [-0.4, -0.2) is 49.6 Å². The lowest BCUT2D eigenvalue weighted by molar-refractivity contribution is -0.123. The molecule has 1 aliphatic carbocycles. The van der Waals surface area contributed by atoms with Gasteiger partial charge >= 0.3 is 0 Å². The van der Waals surface area contributed by atoms with Crippen LogP contribution in [0.25, 0.3) is 0 Å². The Kier molecular flexibility index (Phi) is 7.66. The molecule has 0 spiro atoms. The molecule has 0 radical (unpaired) electrons. The van der Waals surface area contributed by atoms with Crippen LogP contribution in [-0.2, 0) is 11.3 Å². The van der Waals surface area contributed by atoms with E-state index in [-0.39, 0.29) is 23.7 Å². The number of nitrogens with one attached hydrogen (secondary N) is 1. The van der Waals surface area contributed by atoms with Crippen molar-refractivity contribution in [3.63, 3.8) is 0 Å². The molecule has 1 amide bonds. The van der Waals surface area contributed by atoms with Crippen molar-refractivity contribution in [1.29, 1.82) is 0 Å². The molecule has 2 fully saturated rings. The average molecular weight is 454 g/mol. The van der Waals surface area contributed by atoms with Gasteiger partial charge in [0.15, 0.2) is 0 Å². The van der Waals surface area contributed by atoms with Gasteiger partial charge in [0, 0.05) is 50.9 Å². The highest BCUT2D eigenvalue weighted by Gasteiger charge is 2.30. The number of anilines is 1. The predicted octanol–water partition coefficient (Wildman–Crippen LogP) is 4.53. The number of aryl methyl sites for hydroxylation is 1. The van der Waals surface area contributed by atoms with Gasteiger partial charge in [-0.05, 0) is 87.1 Å². The second kappa shape index (κ2) is 10.7. The first-order valence-electron chi connectivity index (χ1n) is 12.1. The fraction of sp³-hybridized carbons (Fsp3) is 0.519. The maximum atomic E-state index is 13.2. The molecule has 2 aliphatic rings. The van der Waals surface area contributed by atoms with E-state index in [1.807, 2.05) is 11.9 Å². The van der Waals surface area contributed by atoms with E-state index in [0.29, 0.717) is 11.8 Å². The Morgan fingerprint density at radius 3 is 2.55 bits per heavy atom. The highest BCUT2D eigenvalue weighted by atomic mass is 19.1. The maximum Gasteiger partial charge on any atom is 0.229 e. The summed E-state index contributed by atoms with van der Waals surface area (Å²) in [5.41, 5.74) is 3.52. The minimum Gasteiger partial charge on any atom is -0.490 e. The molecular formula is C27H36FN3O2. The van der Waals surface area contributed by atoms with Gasteiger partial charge in [-0.15, -0.1) is 0 Å². The van der Waals surface area contributed by atoms with Crippen molar-refractivity contribution in [1.82, 2.24) is 10.2 Å². The van der Waals surface area contributed by atoms with E-state index >= 15 is 0 Å². The van der Waals surface area contributed by atoms with Gasteiger partial charge in [-0.1, -0.05) is 6.07 Å². The van der Waals surface area contributed by atoms with Crippen LogP contribution in [0.3, 0.4) is 0 Å². The average Bonchev–Trinajstić information content (AvgIpc) is 2.81. The zero-order chi connectivity index (χ0) is 23.4. The summed E-state index contributed by atoms with van der Waals surface area (Å²) in [5.74, 6) is 0.624. The van der Waals surface area contributed by atoms with E-state index in [0.717, 1.165) is 57.5 Å². The Morgan fingerprint density at radius 1 is 1.15 bits per heavy atom. The number of hydrogen-bond acceptors (Lipinski definition) is 4. The van der Waals surface area contributed by atoms with Crippen molar-refractivity contribution >= 4 is 11.6 Å². The van der Waals surface area contributed by atoms with E-state index in [4.69, 9.17) is 4.74 Å². The second-order valence-corrected chi connectivity index (χ2v) is 9.64. The summed E-state index contributed by atoms with van der Waals surface area (Å²) >= 11 is 0. The Morgan fingerprint density at radius 2 is 1.88 bits per heavy atom. The first kappa shape index (κ1) is 23.7. The van der Waals surface area contributed by atoms with Crippen LogP contribution in [0.5, 0.6) is 5.75 Å². The van der Waals surface area contributed by atoms with Crippen molar-refractivity contribution in [3.8, 4) is 5.75 Å². The number of halogens is 1. The third kappa shape index (κ3) is 6.12. The summed E-state index contributed by atoms with van der Waals surface area (Å²) in [6.07, 6.45) is 3.38. The molecule has 4 rings (SSSR count). The molecule has 5 nitrogen and oxygen atoms in total. The van der Waals surface area contributed by atoms with Crippen LogP contribution in [0, 0.1) is 18.7 Å². The van der Waals surface area contributed by atoms with E-state index in [9.17, 15) is 9.18 Å². The molecule has 0 aromatic heterocycles. The quantitative estimate of drug-likeness (QED) is 0.698. The molecule has 1 heterocycles. The molecule has 33 heavy (non-hydrogen) atoms. The number of rotatable bonds is 6. The Hall–Kier alpha value is -2.44. The lowest BCUT2D eigenvalue weighted by Gasteiger charge is -2.32. The number of piperazine rings is 1. The third-order valence-electron chi connectivity index (χ3n) is 7.03. The van der Waals surface area contributed by atoms with Gasteiger partial charge in [-0.2, -0.15) is 0 Å². The van der Waals surface area contributed by atoms with Gasteiger partial charge < -0.3 is 15.0 Å². The second-order valence-electron chi connectivity index (χ2n) is 9.64. The summed E-state index contributed by atoms with van der Waals surface area (Å²) in [5, 5.41) is 3.49. The Bertz CT molecular complexity index is 941. The van der Waals surface area contributed by atoms with Crippen LogP contribution in [0.1, 0.15) is 43.7 Å². The lowest BCUT2D eigenvalue weighted by atomic mass is 9.86. The summed E-state index contributed by atoms with van der Waals surface area (Å²) in [7, 11) is 1.88. The topological polar surface area (TPSA) is 44.8 Å². The fourth-order valence-electron chi connectivity index (χ4n) is 5.00. The Balaban J connectivity index is 1.30. The van der Waals surface area contributed by atoms with Crippen LogP contribution in [0.15, 0.2) is 42.5 Å². The number of hydrogen-bond donors (Lipinski definition) is 1. The summed E-state index contributed by atoms with van der Waals surface area (Å²) < 4.78 is 19.1. The monoisotopic (exact) mass is 453 g/mol. The van der Waals surface area contributed by atoms with Crippen molar-refractivity contribution in [2.75, 3.05) is 31.6 Å². The summed E-state index contributed by atoms with van der Waals surface area (Å²) in [6, 6.07) is 13.1. The molecule has 1 saturated carbocycles. The first-order chi connectivity index (χ1) is 15.9. The third-order valence-corrected chi connectivity index (χ3v) is 7.03. The number of amides is 1. The molecule has 178 valence electrons. The number of ether oxygens (including phenoxy) is 1. The van der Waals surface area contributed by atoms with E-state index < -0.39 is 0 Å². The Labute approximate surface area is 196 Å². The van der Waals surface area contributed by atoms with Gasteiger partial charge in [-0.3, -0.25) is 9.69 Å². The number of carbonyl (C=O) groups is 1. The smallest absolute Gasteiger partial charge is 0.229 e. The van der Waals surface area contributed by atoms with E-state index in [1.165, 1.54) is 23.3 Å². The van der Waals surface area contributed by atoms with Gasteiger partial charge in [-0.25, -0.2) is 4.39 Å². The highest BCUT2D eigenvalue weighted by molar-refractivity contribution is 5.94. The summed E-state index contributed by atoms with van der Waals surface area (Å²) in [4.78, 5) is 17.5. The SMILES string of the molecule is Cc1cc(N(C)C(=O)C2CCC(Oc3ccc(F)cc3)CC2)ccc1CN1CCN[C@@H](C)C1. The lowest BCUT2D eigenvalue weighted by Crippen LogP contribution is -2.48. The molecule has 2 aromatic rings. The summed E-state index contributed by atoms with van der Waals surface area (Å²) in [6.45, 7) is 8.48. The molecule has 1 aliphatic heterocycles. The molecule has 0 bridgehead atoms. The molecule has 0 unspecified atom stereocenters. The minimum atomic E-state index is -0.263.